The van der Waals surface area contributed by atoms with E-state index in [2.05, 4.69) is 35.5 Å². The van der Waals surface area contributed by atoms with Crippen LogP contribution in [0.5, 0.6) is 11.5 Å². The number of hydrogen-bond acceptors (Lipinski definition) is 4. The summed E-state index contributed by atoms with van der Waals surface area (Å²) in [6.45, 7) is 6.05. The normalized spacial score (nSPS) is 12.7. The topological polar surface area (TPSA) is 75.2 Å². The molecule has 1 aliphatic heterocycles. The number of hydrogen-bond donors (Lipinski definition) is 2. The Balaban J connectivity index is 0.00000363. The van der Waals surface area contributed by atoms with Gasteiger partial charge in [-0.05, 0) is 41.8 Å². The molecule has 1 aliphatic rings. The molecule has 0 saturated carbocycles. The van der Waals surface area contributed by atoms with Crippen LogP contribution in [0.3, 0.4) is 0 Å². The second-order valence-electron chi connectivity index (χ2n) is 8.45. The van der Waals surface area contributed by atoms with Crippen LogP contribution >= 0.6 is 24.0 Å². The van der Waals surface area contributed by atoms with Crippen molar-refractivity contribution in [1.29, 1.82) is 0 Å². The van der Waals surface area contributed by atoms with E-state index in [4.69, 9.17) is 9.47 Å². The third kappa shape index (κ3) is 6.51. The molecule has 0 unspecified atom stereocenters. The highest BCUT2D eigenvalue weighted by molar-refractivity contribution is 14.0. The van der Waals surface area contributed by atoms with Gasteiger partial charge < -0.3 is 25.0 Å². The number of halogens is 1. The molecule has 2 N–H and O–H groups in total. The summed E-state index contributed by atoms with van der Waals surface area (Å²) >= 11 is 0. The van der Waals surface area contributed by atoms with Gasteiger partial charge in [-0.15, -0.1) is 24.0 Å². The number of aliphatic imine (C=N–C) groups is 1. The van der Waals surface area contributed by atoms with Crippen LogP contribution in [0.4, 0.5) is 0 Å². The average molecular weight is 552 g/mol. The fourth-order valence-electron chi connectivity index (χ4n) is 3.39. The fourth-order valence-corrected chi connectivity index (χ4v) is 3.39. The van der Waals surface area contributed by atoms with Gasteiger partial charge in [0.15, 0.2) is 17.5 Å². The first kappa shape index (κ1) is 25.8. The molecule has 0 atom stereocenters. The Kier molecular flexibility index (Phi) is 9.18. The zero-order valence-electron chi connectivity index (χ0n) is 19.4. The van der Waals surface area contributed by atoms with E-state index in [-0.39, 0.29) is 42.1 Å². The lowest BCUT2D eigenvalue weighted by atomic mass is 9.84. The Morgan fingerprint density at radius 1 is 1.09 bits per heavy atom. The van der Waals surface area contributed by atoms with Gasteiger partial charge in [0.2, 0.25) is 6.79 Å². The minimum atomic E-state index is -0.126. The molecule has 2 aromatic carbocycles. The molecule has 8 heteroatoms. The Bertz CT molecular complexity index is 960. The number of nitrogens with one attached hydrogen (secondary N) is 2. The van der Waals surface area contributed by atoms with E-state index in [1.165, 1.54) is 5.56 Å². The molecular formula is C24H33IN4O3. The van der Waals surface area contributed by atoms with Crippen LogP contribution < -0.4 is 20.1 Å². The minimum Gasteiger partial charge on any atom is -0.454 e. The van der Waals surface area contributed by atoms with Crippen molar-refractivity contribution < 1.29 is 14.3 Å². The van der Waals surface area contributed by atoms with Crippen molar-refractivity contribution in [2.24, 2.45) is 4.99 Å². The molecule has 174 valence electrons. The number of fused-ring (bicyclic) bond motifs is 1. The molecule has 1 amide bonds. The number of carbonyl (C=O) groups is 1. The third-order valence-corrected chi connectivity index (χ3v) is 5.36. The van der Waals surface area contributed by atoms with Crippen LogP contribution in [0.25, 0.3) is 0 Å². The van der Waals surface area contributed by atoms with E-state index in [0.29, 0.717) is 18.7 Å². The monoisotopic (exact) mass is 552 g/mol. The summed E-state index contributed by atoms with van der Waals surface area (Å²) < 4.78 is 10.9. The number of ether oxygens (including phenoxy) is 2. The Morgan fingerprint density at radius 2 is 1.84 bits per heavy atom. The van der Waals surface area contributed by atoms with Crippen molar-refractivity contribution in [1.82, 2.24) is 15.5 Å². The highest BCUT2D eigenvalue weighted by Crippen LogP contribution is 2.36. The summed E-state index contributed by atoms with van der Waals surface area (Å²) in [6, 6.07) is 13.8. The molecule has 2 aromatic rings. The zero-order valence-corrected chi connectivity index (χ0v) is 21.7. The van der Waals surface area contributed by atoms with E-state index in [0.717, 1.165) is 29.4 Å². The molecule has 0 aromatic heterocycles. The van der Waals surface area contributed by atoms with Crippen molar-refractivity contribution in [3.63, 3.8) is 0 Å². The van der Waals surface area contributed by atoms with Crippen LogP contribution in [0, 0.1) is 0 Å². The largest absolute Gasteiger partial charge is 0.454 e. The molecule has 32 heavy (non-hydrogen) atoms. The van der Waals surface area contributed by atoms with Gasteiger partial charge in [-0.2, -0.15) is 0 Å². The second-order valence-corrected chi connectivity index (χ2v) is 8.45. The van der Waals surface area contributed by atoms with E-state index in [1.54, 1.807) is 26.0 Å². The van der Waals surface area contributed by atoms with Gasteiger partial charge in [0.25, 0.3) is 5.91 Å². The Labute approximate surface area is 207 Å². The predicted molar refractivity (Wildman–Crippen MR) is 139 cm³/mol. The third-order valence-electron chi connectivity index (χ3n) is 5.36. The predicted octanol–water partition coefficient (Wildman–Crippen LogP) is 3.42. The maximum Gasteiger partial charge on any atom is 0.253 e. The molecule has 0 saturated heterocycles. The lowest BCUT2D eigenvalue weighted by Crippen LogP contribution is -2.44. The van der Waals surface area contributed by atoms with Gasteiger partial charge in [0.05, 0.1) is 0 Å². The van der Waals surface area contributed by atoms with E-state index >= 15 is 0 Å². The van der Waals surface area contributed by atoms with Gasteiger partial charge >= 0.3 is 0 Å². The maximum absolute atomic E-state index is 12.1. The lowest BCUT2D eigenvalue weighted by Gasteiger charge is -2.27. The zero-order chi connectivity index (χ0) is 22.4. The molecule has 7 nitrogen and oxygen atoms in total. The maximum atomic E-state index is 12.1. The van der Waals surface area contributed by atoms with Crippen LogP contribution in [0.15, 0.2) is 47.5 Å². The molecule has 0 spiro atoms. The molecular weight excluding hydrogens is 519 g/mol. The van der Waals surface area contributed by atoms with E-state index < -0.39 is 0 Å². The summed E-state index contributed by atoms with van der Waals surface area (Å²) in [4.78, 5) is 18.1. The fraction of sp³-hybridized carbons (Fsp3) is 0.417. The van der Waals surface area contributed by atoms with Crippen LogP contribution in [-0.2, 0) is 11.8 Å². The van der Waals surface area contributed by atoms with Crippen molar-refractivity contribution in [3.8, 4) is 11.5 Å². The van der Waals surface area contributed by atoms with E-state index in [1.807, 2.05) is 36.4 Å². The van der Waals surface area contributed by atoms with Crippen molar-refractivity contribution >= 4 is 35.8 Å². The van der Waals surface area contributed by atoms with Crippen molar-refractivity contribution in [3.05, 3.63) is 59.2 Å². The second kappa shape index (κ2) is 11.4. The van der Waals surface area contributed by atoms with Gasteiger partial charge in [-0.25, -0.2) is 0 Å². The quantitative estimate of drug-likeness (QED) is 0.313. The van der Waals surface area contributed by atoms with Crippen molar-refractivity contribution in [2.45, 2.75) is 25.7 Å². The van der Waals surface area contributed by atoms with Crippen LogP contribution in [-0.4, -0.2) is 57.8 Å². The molecule has 1 heterocycles. The summed E-state index contributed by atoms with van der Waals surface area (Å²) in [5.41, 5.74) is 2.85. The van der Waals surface area contributed by atoms with Crippen LogP contribution in [0.1, 0.15) is 35.3 Å². The van der Waals surface area contributed by atoms with Gasteiger partial charge in [0.1, 0.15) is 0 Å². The van der Waals surface area contributed by atoms with Crippen molar-refractivity contribution in [2.75, 3.05) is 41.0 Å². The van der Waals surface area contributed by atoms with Crippen LogP contribution in [0.2, 0.25) is 0 Å². The molecule has 0 radical (unpaired) electrons. The Hall–Kier alpha value is -2.49. The number of rotatable bonds is 7. The molecule has 3 rings (SSSR count). The molecule has 0 aliphatic carbocycles. The highest BCUT2D eigenvalue weighted by Gasteiger charge is 2.24. The number of benzene rings is 2. The first-order valence-electron chi connectivity index (χ1n) is 10.5. The smallest absolute Gasteiger partial charge is 0.253 e. The van der Waals surface area contributed by atoms with Gasteiger partial charge in [-0.1, -0.05) is 32.0 Å². The SMILES string of the molecule is CN=C(NCCc1cccc(C(=O)N(C)C)c1)NCC(C)(C)c1ccc2c(c1)OCO2.I. The summed E-state index contributed by atoms with van der Waals surface area (Å²) in [7, 11) is 5.29. The molecule has 0 fully saturated rings. The summed E-state index contributed by atoms with van der Waals surface area (Å²) in [5, 5.41) is 6.77. The highest BCUT2D eigenvalue weighted by atomic mass is 127. The lowest BCUT2D eigenvalue weighted by molar-refractivity contribution is 0.0827. The average Bonchev–Trinajstić information content (AvgIpc) is 3.23. The van der Waals surface area contributed by atoms with E-state index in [9.17, 15) is 4.79 Å². The number of amides is 1. The Morgan fingerprint density at radius 3 is 2.56 bits per heavy atom. The number of nitrogens with zero attached hydrogens (tertiary/aromatic N) is 2. The standard InChI is InChI=1S/C24H32N4O3.HI/c1-24(2,19-9-10-20-21(14-19)31-16-30-20)15-27-23(25-3)26-12-11-17-7-6-8-18(13-17)22(29)28(4)5;/h6-10,13-14H,11-12,15-16H2,1-5H3,(H2,25,26,27);1H. The number of carbonyl (C=O) groups excluding carboxylic acids is 1. The first-order chi connectivity index (χ1) is 14.8. The summed E-state index contributed by atoms with van der Waals surface area (Å²) in [5.74, 6) is 2.34. The summed E-state index contributed by atoms with van der Waals surface area (Å²) in [6.07, 6.45) is 0.792. The van der Waals surface area contributed by atoms with Gasteiger partial charge in [0, 0.05) is 45.2 Å². The van der Waals surface area contributed by atoms with Gasteiger partial charge in [-0.3, -0.25) is 9.79 Å². The first-order valence-corrected chi connectivity index (χ1v) is 10.5. The minimum absolute atomic E-state index is 0. The molecule has 0 bridgehead atoms. The number of guanidine groups is 1.